The van der Waals surface area contributed by atoms with Gasteiger partial charge in [0.25, 0.3) is 0 Å². The fraction of sp³-hybridized carbons (Fsp3) is 0.158. The van der Waals surface area contributed by atoms with E-state index in [0.29, 0.717) is 0 Å². The van der Waals surface area contributed by atoms with E-state index in [2.05, 4.69) is 11.4 Å². The molecule has 2 aromatic rings. The summed E-state index contributed by atoms with van der Waals surface area (Å²) in [6.07, 6.45) is 1.98. The molecule has 1 aliphatic heterocycles. The van der Waals surface area contributed by atoms with Crippen molar-refractivity contribution in [3.05, 3.63) is 77.4 Å². The standard InChI is InChI=1S/C19H16N2O/c1-13-7-9-14(10-8-13)16-11-18(15-5-3-2-4-6-15)21-19(22)17(16)12-20/h2-11,16-17H,1H3,(H,21,22)/t16-,17+/m0/s1. The molecule has 0 spiro atoms. The molecule has 3 rings (SSSR count). The monoisotopic (exact) mass is 288 g/mol. The second-order valence-corrected chi connectivity index (χ2v) is 5.48. The minimum absolute atomic E-state index is 0.227. The van der Waals surface area contributed by atoms with Crippen LogP contribution in [-0.2, 0) is 4.79 Å². The Morgan fingerprint density at radius 1 is 1.05 bits per heavy atom. The summed E-state index contributed by atoms with van der Waals surface area (Å²) in [4.78, 5) is 12.3. The van der Waals surface area contributed by atoms with Crippen molar-refractivity contribution >= 4 is 11.6 Å². The van der Waals surface area contributed by atoms with Gasteiger partial charge in [0, 0.05) is 11.6 Å². The first-order chi connectivity index (χ1) is 10.7. The van der Waals surface area contributed by atoms with E-state index >= 15 is 0 Å². The van der Waals surface area contributed by atoms with Gasteiger partial charge in [-0.05, 0) is 18.1 Å². The Balaban J connectivity index is 2.05. The number of amides is 1. The quantitative estimate of drug-likeness (QED) is 0.921. The smallest absolute Gasteiger partial charge is 0.242 e. The lowest BCUT2D eigenvalue weighted by molar-refractivity contribution is -0.122. The molecule has 1 heterocycles. The molecule has 0 saturated heterocycles. The van der Waals surface area contributed by atoms with Crippen molar-refractivity contribution in [2.45, 2.75) is 12.8 Å². The van der Waals surface area contributed by atoms with Gasteiger partial charge in [0.1, 0.15) is 5.92 Å². The van der Waals surface area contributed by atoms with Gasteiger partial charge < -0.3 is 5.32 Å². The Morgan fingerprint density at radius 2 is 1.73 bits per heavy atom. The zero-order valence-electron chi connectivity index (χ0n) is 12.3. The van der Waals surface area contributed by atoms with Crippen LogP contribution < -0.4 is 5.32 Å². The van der Waals surface area contributed by atoms with Crippen molar-refractivity contribution in [2.75, 3.05) is 0 Å². The molecule has 1 amide bonds. The van der Waals surface area contributed by atoms with Crippen LogP contribution in [0.1, 0.15) is 22.6 Å². The molecule has 0 saturated carbocycles. The normalized spacial score (nSPS) is 20.7. The predicted molar refractivity (Wildman–Crippen MR) is 85.6 cm³/mol. The Morgan fingerprint density at radius 3 is 2.36 bits per heavy atom. The highest BCUT2D eigenvalue weighted by atomic mass is 16.2. The lowest BCUT2D eigenvalue weighted by atomic mass is 9.82. The number of carbonyl (C=O) groups is 1. The maximum atomic E-state index is 12.3. The summed E-state index contributed by atoms with van der Waals surface area (Å²) in [6, 6.07) is 19.8. The van der Waals surface area contributed by atoms with Crippen LogP contribution in [0.4, 0.5) is 0 Å². The van der Waals surface area contributed by atoms with Gasteiger partial charge in [-0.2, -0.15) is 5.26 Å². The van der Waals surface area contributed by atoms with Crippen LogP contribution in [0.2, 0.25) is 0 Å². The fourth-order valence-electron chi connectivity index (χ4n) is 2.69. The second-order valence-electron chi connectivity index (χ2n) is 5.48. The molecular weight excluding hydrogens is 272 g/mol. The molecule has 2 aromatic carbocycles. The lowest BCUT2D eigenvalue weighted by Gasteiger charge is -2.26. The van der Waals surface area contributed by atoms with Crippen molar-refractivity contribution in [1.82, 2.24) is 5.32 Å². The number of hydrogen-bond donors (Lipinski definition) is 1. The average Bonchev–Trinajstić information content (AvgIpc) is 2.55. The minimum atomic E-state index is -0.699. The Kier molecular flexibility index (Phi) is 3.76. The molecule has 3 heteroatoms. The topological polar surface area (TPSA) is 52.9 Å². The van der Waals surface area contributed by atoms with Gasteiger partial charge in [0.2, 0.25) is 5.91 Å². The predicted octanol–water partition coefficient (Wildman–Crippen LogP) is 3.39. The summed E-state index contributed by atoms with van der Waals surface area (Å²) in [5, 5.41) is 12.2. The van der Waals surface area contributed by atoms with E-state index in [-0.39, 0.29) is 11.8 Å². The van der Waals surface area contributed by atoms with Crippen molar-refractivity contribution in [2.24, 2.45) is 5.92 Å². The molecule has 22 heavy (non-hydrogen) atoms. The van der Waals surface area contributed by atoms with E-state index in [4.69, 9.17) is 0 Å². The van der Waals surface area contributed by atoms with E-state index in [9.17, 15) is 10.1 Å². The highest BCUT2D eigenvalue weighted by Gasteiger charge is 2.33. The number of benzene rings is 2. The van der Waals surface area contributed by atoms with Crippen molar-refractivity contribution in [1.29, 1.82) is 5.26 Å². The lowest BCUT2D eigenvalue weighted by Crippen LogP contribution is -2.36. The van der Waals surface area contributed by atoms with Gasteiger partial charge in [-0.25, -0.2) is 0 Å². The van der Waals surface area contributed by atoms with Crippen LogP contribution in [0.5, 0.6) is 0 Å². The molecule has 1 aliphatic rings. The summed E-state index contributed by atoms with van der Waals surface area (Å²) in [7, 11) is 0. The number of nitrogens with zero attached hydrogens (tertiary/aromatic N) is 1. The van der Waals surface area contributed by atoms with Gasteiger partial charge in [-0.1, -0.05) is 66.2 Å². The number of aryl methyl sites for hydroxylation is 1. The van der Waals surface area contributed by atoms with E-state index < -0.39 is 5.92 Å². The molecule has 0 aliphatic carbocycles. The molecular formula is C19H16N2O. The molecule has 2 atom stereocenters. The molecule has 0 fully saturated rings. The van der Waals surface area contributed by atoms with E-state index in [0.717, 1.165) is 22.4 Å². The first-order valence-corrected chi connectivity index (χ1v) is 7.23. The fourth-order valence-corrected chi connectivity index (χ4v) is 2.69. The average molecular weight is 288 g/mol. The number of nitrogens with one attached hydrogen (secondary N) is 1. The number of carbonyl (C=O) groups excluding carboxylic acids is 1. The zero-order chi connectivity index (χ0) is 15.5. The Bertz CT molecular complexity index is 754. The van der Waals surface area contributed by atoms with Gasteiger partial charge in [-0.15, -0.1) is 0 Å². The van der Waals surface area contributed by atoms with Crippen LogP contribution in [0.25, 0.3) is 5.70 Å². The summed E-state index contributed by atoms with van der Waals surface area (Å²) in [5.74, 6) is -1.17. The number of hydrogen-bond acceptors (Lipinski definition) is 2. The van der Waals surface area contributed by atoms with Gasteiger partial charge in [0.15, 0.2) is 0 Å². The van der Waals surface area contributed by atoms with Crippen molar-refractivity contribution in [3.8, 4) is 6.07 Å². The minimum Gasteiger partial charge on any atom is -0.325 e. The zero-order valence-corrected chi connectivity index (χ0v) is 12.3. The number of rotatable bonds is 2. The van der Waals surface area contributed by atoms with Crippen LogP contribution in [0, 0.1) is 24.2 Å². The number of allylic oxidation sites excluding steroid dienone is 1. The molecule has 0 bridgehead atoms. The van der Waals surface area contributed by atoms with E-state index in [1.807, 2.05) is 67.6 Å². The summed E-state index contributed by atoms with van der Waals surface area (Å²) >= 11 is 0. The van der Waals surface area contributed by atoms with Crippen LogP contribution in [0.15, 0.2) is 60.7 Å². The first kappa shape index (κ1) is 14.1. The highest BCUT2D eigenvalue weighted by molar-refractivity contribution is 5.93. The third kappa shape index (κ3) is 2.64. The van der Waals surface area contributed by atoms with E-state index in [1.165, 1.54) is 0 Å². The largest absolute Gasteiger partial charge is 0.325 e. The van der Waals surface area contributed by atoms with Crippen LogP contribution >= 0.6 is 0 Å². The molecule has 0 unspecified atom stereocenters. The van der Waals surface area contributed by atoms with Crippen LogP contribution in [0.3, 0.4) is 0 Å². The summed E-state index contributed by atoms with van der Waals surface area (Å²) < 4.78 is 0. The Hall–Kier alpha value is -2.86. The molecule has 3 nitrogen and oxygen atoms in total. The molecule has 108 valence electrons. The first-order valence-electron chi connectivity index (χ1n) is 7.23. The molecule has 0 aromatic heterocycles. The van der Waals surface area contributed by atoms with Crippen LogP contribution in [-0.4, -0.2) is 5.91 Å². The Labute approximate surface area is 129 Å². The summed E-state index contributed by atoms with van der Waals surface area (Å²) in [6.45, 7) is 2.02. The maximum absolute atomic E-state index is 12.3. The highest BCUT2D eigenvalue weighted by Crippen LogP contribution is 2.33. The number of nitriles is 1. The third-order valence-electron chi connectivity index (χ3n) is 3.93. The second kappa shape index (κ2) is 5.87. The van der Waals surface area contributed by atoms with Crippen molar-refractivity contribution < 1.29 is 4.79 Å². The SMILES string of the molecule is Cc1ccc([C@@H]2C=C(c3ccccc3)NC(=O)[C@@H]2C#N)cc1. The van der Waals surface area contributed by atoms with Gasteiger partial charge in [0.05, 0.1) is 6.07 Å². The van der Waals surface area contributed by atoms with Gasteiger partial charge >= 0.3 is 0 Å². The molecule has 1 N–H and O–H groups in total. The third-order valence-corrected chi connectivity index (χ3v) is 3.93. The van der Waals surface area contributed by atoms with Crippen molar-refractivity contribution in [3.63, 3.8) is 0 Å². The van der Waals surface area contributed by atoms with E-state index in [1.54, 1.807) is 0 Å². The molecule has 0 radical (unpaired) electrons. The summed E-state index contributed by atoms with van der Waals surface area (Å²) in [5.41, 5.74) is 3.86. The van der Waals surface area contributed by atoms with Gasteiger partial charge in [-0.3, -0.25) is 4.79 Å². The maximum Gasteiger partial charge on any atom is 0.242 e.